The van der Waals surface area contributed by atoms with E-state index in [0.717, 1.165) is 33.6 Å². The number of carbonyl (C=O) groups is 2. The fourth-order valence-corrected chi connectivity index (χ4v) is 4.67. The van der Waals surface area contributed by atoms with Gasteiger partial charge in [-0.3, -0.25) is 4.79 Å². The molecule has 1 fully saturated rings. The molecule has 0 unspecified atom stereocenters. The van der Waals surface area contributed by atoms with Gasteiger partial charge in [0, 0.05) is 19.0 Å². The fourth-order valence-electron chi connectivity index (χ4n) is 3.58. The molecular formula is C22H22N2O4S. The van der Waals surface area contributed by atoms with Crippen molar-refractivity contribution in [1.82, 2.24) is 9.88 Å². The van der Waals surface area contributed by atoms with E-state index in [1.165, 1.54) is 12.1 Å². The number of nitrogens with zero attached hydrogens (tertiary/aromatic N) is 2. The van der Waals surface area contributed by atoms with Crippen molar-refractivity contribution < 1.29 is 19.4 Å². The largest absolute Gasteiger partial charge is 0.507 e. The molecule has 150 valence electrons. The molecule has 0 saturated carbocycles. The zero-order valence-corrected chi connectivity index (χ0v) is 16.9. The van der Waals surface area contributed by atoms with Crippen LogP contribution in [-0.4, -0.2) is 46.6 Å². The molecule has 1 N–H and O–H groups in total. The SMILES string of the molecule is Cc1ccc(C(=O)OCC(=O)N2CCC[C@@H](c3nc4ccccc4s3)C2)c(O)c1. The van der Waals surface area contributed by atoms with Crippen LogP contribution in [0.4, 0.5) is 0 Å². The van der Waals surface area contributed by atoms with E-state index in [2.05, 4.69) is 6.07 Å². The summed E-state index contributed by atoms with van der Waals surface area (Å²) in [7, 11) is 0. The number of aryl methyl sites for hydroxylation is 1. The number of carbonyl (C=O) groups excluding carboxylic acids is 2. The monoisotopic (exact) mass is 410 g/mol. The zero-order chi connectivity index (χ0) is 20.4. The van der Waals surface area contributed by atoms with Crippen LogP contribution in [0.3, 0.4) is 0 Å². The van der Waals surface area contributed by atoms with Gasteiger partial charge in [0.1, 0.15) is 11.3 Å². The fraction of sp³-hybridized carbons (Fsp3) is 0.318. The van der Waals surface area contributed by atoms with Crippen LogP contribution < -0.4 is 0 Å². The van der Waals surface area contributed by atoms with E-state index in [1.54, 1.807) is 22.3 Å². The topological polar surface area (TPSA) is 79.7 Å². The number of esters is 1. The number of aromatic hydroxyl groups is 1. The number of phenolic OH excluding ortho intramolecular Hbond substituents is 1. The summed E-state index contributed by atoms with van der Waals surface area (Å²) in [6.45, 7) is 2.70. The number of thiazole rings is 1. The van der Waals surface area contributed by atoms with Crippen molar-refractivity contribution in [2.24, 2.45) is 0 Å². The Kier molecular flexibility index (Phi) is 5.49. The van der Waals surface area contributed by atoms with Crippen LogP contribution in [0.1, 0.15) is 39.7 Å². The van der Waals surface area contributed by atoms with E-state index >= 15 is 0 Å². The van der Waals surface area contributed by atoms with Gasteiger partial charge in [0.2, 0.25) is 0 Å². The van der Waals surface area contributed by atoms with Gasteiger partial charge in [-0.05, 0) is 49.6 Å². The van der Waals surface area contributed by atoms with Crippen molar-refractivity contribution in [1.29, 1.82) is 0 Å². The first-order valence-corrected chi connectivity index (χ1v) is 10.4. The zero-order valence-electron chi connectivity index (χ0n) is 16.1. The van der Waals surface area contributed by atoms with E-state index in [9.17, 15) is 14.7 Å². The summed E-state index contributed by atoms with van der Waals surface area (Å²) in [4.78, 5) is 31.2. The second-order valence-corrected chi connectivity index (χ2v) is 8.36. The predicted molar refractivity (Wildman–Crippen MR) is 111 cm³/mol. The molecule has 7 heteroatoms. The van der Waals surface area contributed by atoms with Crippen molar-refractivity contribution in [2.75, 3.05) is 19.7 Å². The van der Waals surface area contributed by atoms with E-state index in [1.807, 2.05) is 25.1 Å². The lowest BCUT2D eigenvalue weighted by atomic mass is 9.99. The minimum atomic E-state index is -0.699. The van der Waals surface area contributed by atoms with Crippen molar-refractivity contribution in [3.63, 3.8) is 0 Å². The molecule has 1 saturated heterocycles. The van der Waals surface area contributed by atoms with Crippen LogP contribution in [0.5, 0.6) is 5.75 Å². The summed E-state index contributed by atoms with van der Waals surface area (Å²) < 4.78 is 6.30. The van der Waals surface area contributed by atoms with Crippen molar-refractivity contribution in [2.45, 2.75) is 25.7 Å². The first kappa shape index (κ1) is 19.4. The molecule has 0 bridgehead atoms. The quantitative estimate of drug-likeness (QED) is 0.661. The van der Waals surface area contributed by atoms with E-state index in [0.29, 0.717) is 13.1 Å². The van der Waals surface area contributed by atoms with Gasteiger partial charge in [-0.25, -0.2) is 9.78 Å². The van der Waals surface area contributed by atoms with Gasteiger partial charge < -0.3 is 14.7 Å². The molecule has 1 aliphatic rings. The maximum absolute atomic E-state index is 12.6. The van der Waals surface area contributed by atoms with Gasteiger partial charge in [0.05, 0.1) is 15.2 Å². The summed E-state index contributed by atoms with van der Waals surface area (Å²) in [5, 5.41) is 10.9. The molecule has 1 amide bonds. The van der Waals surface area contributed by atoms with Gasteiger partial charge in [0.25, 0.3) is 5.91 Å². The second kappa shape index (κ2) is 8.21. The number of benzene rings is 2. The van der Waals surface area contributed by atoms with Crippen LogP contribution in [-0.2, 0) is 9.53 Å². The maximum Gasteiger partial charge on any atom is 0.342 e. The standard InChI is InChI=1S/C22H22N2O4S/c1-14-8-9-16(18(25)11-14)22(27)28-13-20(26)24-10-4-5-15(12-24)21-23-17-6-2-3-7-19(17)29-21/h2-3,6-9,11,15,25H,4-5,10,12-13H2,1H3/t15-/m1/s1. The normalized spacial score (nSPS) is 16.7. The summed E-state index contributed by atoms with van der Waals surface area (Å²) in [5.41, 5.74) is 1.89. The Bertz CT molecular complexity index is 1030. The molecule has 1 aliphatic heterocycles. The number of hydrogen-bond donors (Lipinski definition) is 1. The lowest BCUT2D eigenvalue weighted by molar-refractivity contribution is -0.135. The van der Waals surface area contributed by atoms with Crippen LogP contribution in [0.15, 0.2) is 42.5 Å². The number of phenols is 1. The third-order valence-corrected chi connectivity index (χ3v) is 6.33. The summed E-state index contributed by atoms with van der Waals surface area (Å²) >= 11 is 1.67. The smallest absolute Gasteiger partial charge is 0.342 e. The summed E-state index contributed by atoms with van der Waals surface area (Å²) in [6, 6.07) is 12.7. The number of likely N-dealkylation sites (tertiary alicyclic amines) is 1. The second-order valence-electron chi connectivity index (χ2n) is 7.30. The molecule has 29 heavy (non-hydrogen) atoms. The summed E-state index contributed by atoms with van der Waals surface area (Å²) in [6.07, 6.45) is 1.87. The molecule has 4 rings (SSSR count). The first-order chi connectivity index (χ1) is 14.0. The van der Waals surface area contributed by atoms with Crippen molar-refractivity contribution in [3.8, 4) is 5.75 Å². The average Bonchev–Trinajstić information content (AvgIpc) is 3.16. The Balaban J connectivity index is 1.37. The number of aromatic nitrogens is 1. The van der Waals surface area contributed by atoms with Gasteiger partial charge >= 0.3 is 5.97 Å². The van der Waals surface area contributed by atoms with E-state index in [4.69, 9.17) is 9.72 Å². The third-order valence-electron chi connectivity index (χ3n) is 5.13. The van der Waals surface area contributed by atoms with Gasteiger partial charge in [-0.15, -0.1) is 11.3 Å². The molecular weight excluding hydrogens is 388 g/mol. The molecule has 3 aromatic rings. The van der Waals surface area contributed by atoms with Crippen LogP contribution >= 0.6 is 11.3 Å². The van der Waals surface area contributed by atoms with Gasteiger partial charge in [0.15, 0.2) is 6.61 Å². The predicted octanol–water partition coefficient (Wildman–Crippen LogP) is 3.87. The molecule has 1 atom stereocenters. The summed E-state index contributed by atoms with van der Waals surface area (Å²) in [5.74, 6) is -0.871. The van der Waals surface area contributed by atoms with Crippen molar-refractivity contribution >= 4 is 33.4 Å². The Morgan fingerprint density at radius 3 is 2.90 bits per heavy atom. The molecule has 0 radical (unpaired) electrons. The molecule has 2 heterocycles. The highest BCUT2D eigenvalue weighted by Gasteiger charge is 2.27. The lowest BCUT2D eigenvalue weighted by Gasteiger charge is -2.31. The average molecular weight is 410 g/mol. The van der Waals surface area contributed by atoms with Crippen molar-refractivity contribution in [3.05, 3.63) is 58.6 Å². The Hall–Kier alpha value is -2.93. The maximum atomic E-state index is 12.6. The number of para-hydroxylation sites is 1. The molecule has 6 nitrogen and oxygen atoms in total. The Morgan fingerprint density at radius 2 is 2.10 bits per heavy atom. The third kappa shape index (κ3) is 4.24. The lowest BCUT2D eigenvalue weighted by Crippen LogP contribution is -2.41. The number of hydrogen-bond acceptors (Lipinski definition) is 6. The minimum Gasteiger partial charge on any atom is -0.507 e. The van der Waals surface area contributed by atoms with Crippen LogP contribution in [0, 0.1) is 6.92 Å². The van der Waals surface area contributed by atoms with E-state index in [-0.39, 0.29) is 29.7 Å². The number of rotatable bonds is 4. The van der Waals surface area contributed by atoms with Gasteiger partial charge in [-0.2, -0.15) is 0 Å². The molecule has 1 aromatic heterocycles. The molecule has 0 aliphatic carbocycles. The van der Waals surface area contributed by atoms with E-state index < -0.39 is 5.97 Å². The van der Waals surface area contributed by atoms with Crippen LogP contribution in [0.2, 0.25) is 0 Å². The highest BCUT2D eigenvalue weighted by atomic mass is 32.1. The van der Waals surface area contributed by atoms with Crippen LogP contribution in [0.25, 0.3) is 10.2 Å². The number of amides is 1. The molecule has 0 spiro atoms. The number of fused-ring (bicyclic) bond motifs is 1. The molecule has 2 aromatic carbocycles. The highest BCUT2D eigenvalue weighted by molar-refractivity contribution is 7.18. The highest BCUT2D eigenvalue weighted by Crippen LogP contribution is 2.33. The first-order valence-electron chi connectivity index (χ1n) is 9.61. The Morgan fingerprint density at radius 1 is 1.28 bits per heavy atom. The minimum absolute atomic E-state index is 0.0643. The number of ether oxygens (including phenoxy) is 1. The number of piperidine rings is 1. The Labute approximate surface area is 172 Å². The van der Waals surface area contributed by atoms with Gasteiger partial charge in [-0.1, -0.05) is 18.2 Å².